The standard InChI is InChI=1S/C12H24OS2/c1-11(13)10-12(2,3)15-9-7-5-4-6-8-14/h14H,4-10H2,1-3H3. The SMILES string of the molecule is CC(=O)CC(C)(C)SCCCCCCS. The van der Waals surface area contributed by atoms with E-state index in [0.29, 0.717) is 12.2 Å². The van der Waals surface area contributed by atoms with Crippen molar-refractivity contribution in [1.82, 2.24) is 0 Å². The van der Waals surface area contributed by atoms with Gasteiger partial charge in [-0.2, -0.15) is 24.4 Å². The first-order valence-electron chi connectivity index (χ1n) is 5.72. The summed E-state index contributed by atoms with van der Waals surface area (Å²) in [5, 5.41) is 0. The van der Waals surface area contributed by atoms with Gasteiger partial charge in [0.25, 0.3) is 0 Å². The van der Waals surface area contributed by atoms with E-state index in [4.69, 9.17) is 0 Å². The van der Waals surface area contributed by atoms with Gasteiger partial charge in [0.1, 0.15) is 5.78 Å². The van der Waals surface area contributed by atoms with Crippen molar-refractivity contribution in [1.29, 1.82) is 0 Å². The van der Waals surface area contributed by atoms with Crippen LogP contribution in [-0.2, 0) is 4.79 Å². The zero-order valence-electron chi connectivity index (χ0n) is 10.2. The number of hydrogen-bond donors (Lipinski definition) is 1. The summed E-state index contributed by atoms with van der Waals surface area (Å²) >= 11 is 6.11. The highest BCUT2D eigenvalue weighted by Gasteiger charge is 2.19. The zero-order valence-corrected chi connectivity index (χ0v) is 11.9. The molecule has 0 fully saturated rings. The summed E-state index contributed by atoms with van der Waals surface area (Å²) in [6, 6.07) is 0. The van der Waals surface area contributed by atoms with Gasteiger partial charge in [0.15, 0.2) is 0 Å². The van der Waals surface area contributed by atoms with Crippen molar-refractivity contribution in [3.63, 3.8) is 0 Å². The first-order valence-corrected chi connectivity index (χ1v) is 7.34. The lowest BCUT2D eigenvalue weighted by Crippen LogP contribution is -2.19. The number of carbonyl (C=O) groups excluding carboxylic acids is 1. The molecular formula is C12H24OS2. The van der Waals surface area contributed by atoms with E-state index in [2.05, 4.69) is 26.5 Å². The Bertz CT molecular complexity index is 178. The van der Waals surface area contributed by atoms with Gasteiger partial charge in [0.2, 0.25) is 0 Å². The number of ketones is 1. The minimum atomic E-state index is 0.120. The van der Waals surface area contributed by atoms with Crippen molar-refractivity contribution in [2.45, 2.75) is 57.6 Å². The Morgan fingerprint density at radius 3 is 2.33 bits per heavy atom. The Labute approximate surface area is 104 Å². The highest BCUT2D eigenvalue weighted by molar-refractivity contribution is 8.00. The van der Waals surface area contributed by atoms with Crippen LogP contribution >= 0.6 is 24.4 Å². The summed E-state index contributed by atoms with van der Waals surface area (Å²) in [6.07, 6.45) is 5.76. The molecule has 0 aliphatic rings. The maximum absolute atomic E-state index is 11.0. The van der Waals surface area contributed by atoms with E-state index in [9.17, 15) is 4.79 Å². The molecule has 0 saturated heterocycles. The van der Waals surface area contributed by atoms with E-state index in [1.54, 1.807) is 6.92 Å². The lowest BCUT2D eigenvalue weighted by Gasteiger charge is -2.22. The topological polar surface area (TPSA) is 17.1 Å². The molecule has 0 radical (unpaired) electrons. The second-order valence-corrected chi connectivity index (χ2v) is 6.87. The molecule has 0 aliphatic heterocycles. The number of unbranched alkanes of at least 4 members (excludes halogenated alkanes) is 3. The number of Topliss-reactive ketones (excluding diaryl/α,β-unsaturated/α-hetero) is 1. The summed E-state index contributed by atoms with van der Waals surface area (Å²) in [6.45, 7) is 5.99. The first kappa shape index (κ1) is 15.4. The molecule has 3 heteroatoms. The summed E-state index contributed by atoms with van der Waals surface area (Å²) in [4.78, 5) is 11.0. The van der Waals surface area contributed by atoms with Crippen LogP contribution in [0.4, 0.5) is 0 Å². The summed E-state index contributed by atoms with van der Waals surface area (Å²) in [7, 11) is 0. The van der Waals surface area contributed by atoms with Crippen LogP contribution in [0.3, 0.4) is 0 Å². The number of hydrogen-bond acceptors (Lipinski definition) is 3. The Kier molecular flexibility index (Phi) is 8.72. The molecule has 0 aromatic heterocycles. The highest BCUT2D eigenvalue weighted by Crippen LogP contribution is 2.29. The van der Waals surface area contributed by atoms with Crippen molar-refractivity contribution >= 4 is 30.2 Å². The molecule has 1 nitrogen and oxygen atoms in total. The maximum atomic E-state index is 11.0. The van der Waals surface area contributed by atoms with E-state index in [0.717, 1.165) is 5.75 Å². The minimum absolute atomic E-state index is 0.120. The molecule has 0 aliphatic carbocycles. The molecule has 0 bridgehead atoms. The quantitative estimate of drug-likeness (QED) is 0.491. The normalized spacial score (nSPS) is 11.7. The van der Waals surface area contributed by atoms with Gasteiger partial charge in [-0.3, -0.25) is 4.79 Å². The van der Waals surface area contributed by atoms with Crippen LogP contribution < -0.4 is 0 Å². The Morgan fingerprint density at radius 2 is 1.80 bits per heavy atom. The molecule has 15 heavy (non-hydrogen) atoms. The van der Waals surface area contributed by atoms with Gasteiger partial charge in [-0.25, -0.2) is 0 Å². The molecule has 0 aromatic carbocycles. The van der Waals surface area contributed by atoms with Crippen LogP contribution in [0.2, 0.25) is 0 Å². The van der Waals surface area contributed by atoms with E-state index < -0.39 is 0 Å². The van der Waals surface area contributed by atoms with Crippen molar-refractivity contribution in [3.05, 3.63) is 0 Å². The van der Waals surface area contributed by atoms with Crippen molar-refractivity contribution in [2.75, 3.05) is 11.5 Å². The van der Waals surface area contributed by atoms with Crippen molar-refractivity contribution in [3.8, 4) is 0 Å². The number of carbonyl (C=O) groups is 1. The Hall–Kier alpha value is 0.370. The lowest BCUT2D eigenvalue weighted by atomic mass is 10.1. The summed E-state index contributed by atoms with van der Waals surface area (Å²) in [5.41, 5.74) is 0. The fraction of sp³-hybridized carbons (Fsp3) is 0.917. The molecule has 0 atom stereocenters. The number of thioether (sulfide) groups is 1. The van der Waals surface area contributed by atoms with E-state index in [1.165, 1.54) is 31.4 Å². The molecule has 0 rings (SSSR count). The van der Waals surface area contributed by atoms with Gasteiger partial charge in [-0.15, -0.1) is 0 Å². The molecule has 0 amide bonds. The van der Waals surface area contributed by atoms with Crippen LogP contribution in [0.15, 0.2) is 0 Å². The Balaban J connectivity index is 3.44. The van der Waals surface area contributed by atoms with Gasteiger partial charge < -0.3 is 0 Å². The summed E-state index contributed by atoms with van der Waals surface area (Å²) in [5.74, 6) is 2.47. The fourth-order valence-corrected chi connectivity index (χ4v) is 3.00. The van der Waals surface area contributed by atoms with Gasteiger partial charge >= 0.3 is 0 Å². The predicted molar refractivity (Wildman–Crippen MR) is 74.2 cm³/mol. The molecule has 0 spiro atoms. The highest BCUT2D eigenvalue weighted by atomic mass is 32.2. The minimum Gasteiger partial charge on any atom is -0.300 e. The maximum Gasteiger partial charge on any atom is 0.131 e. The molecule has 0 saturated carbocycles. The number of thiol groups is 1. The van der Waals surface area contributed by atoms with Gasteiger partial charge in [-0.05, 0) is 31.3 Å². The second-order valence-electron chi connectivity index (χ2n) is 4.62. The van der Waals surface area contributed by atoms with E-state index in [-0.39, 0.29) is 4.75 Å². The fourth-order valence-electron chi connectivity index (χ4n) is 1.57. The smallest absolute Gasteiger partial charge is 0.131 e. The van der Waals surface area contributed by atoms with Crippen LogP contribution in [-0.4, -0.2) is 22.0 Å². The average Bonchev–Trinajstić information content (AvgIpc) is 2.08. The summed E-state index contributed by atoms with van der Waals surface area (Å²) < 4.78 is 0.120. The second kappa shape index (κ2) is 8.51. The lowest BCUT2D eigenvalue weighted by molar-refractivity contribution is -0.117. The van der Waals surface area contributed by atoms with Gasteiger partial charge in [0, 0.05) is 11.2 Å². The molecule has 0 N–H and O–H groups in total. The molecule has 0 heterocycles. The Morgan fingerprint density at radius 1 is 1.20 bits per heavy atom. The van der Waals surface area contributed by atoms with Gasteiger partial charge in [-0.1, -0.05) is 26.7 Å². The van der Waals surface area contributed by atoms with Crippen LogP contribution in [0.5, 0.6) is 0 Å². The average molecular weight is 248 g/mol. The van der Waals surface area contributed by atoms with Crippen LogP contribution in [0.25, 0.3) is 0 Å². The third-order valence-electron chi connectivity index (χ3n) is 2.22. The zero-order chi connectivity index (χ0) is 11.7. The monoisotopic (exact) mass is 248 g/mol. The predicted octanol–water partition coefficient (Wildman–Crippen LogP) is 3.97. The van der Waals surface area contributed by atoms with Crippen LogP contribution in [0.1, 0.15) is 52.9 Å². The third kappa shape index (κ3) is 10.6. The first-order chi connectivity index (χ1) is 6.98. The van der Waals surface area contributed by atoms with E-state index in [1.807, 2.05) is 11.8 Å². The molecule has 90 valence electrons. The number of rotatable bonds is 9. The molecule has 0 aromatic rings. The van der Waals surface area contributed by atoms with Gasteiger partial charge in [0.05, 0.1) is 0 Å². The third-order valence-corrected chi connectivity index (χ3v) is 3.95. The molecule has 0 unspecified atom stereocenters. The van der Waals surface area contributed by atoms with Crippen LogP contribution in [0, 0.1) is 0 Å². The largest absolute Gasteiger partial charge is 0.300 e. The van der Waals surface area contributed by atoms with E-state index >= 15 is 0 Å². The molecular weight excluding hydrogens is 224 g/mol. The van der Waals surface area contributed by atoms with Crippen molar-refractivity contribution < 1.29 is 4.79 Å². The van der Waals surface area contributed by atoms with Crippen molar-refractivity contribution in [2.24, 2.45) is 0 Å².